The molecule has 1 aliphatic carbocycles. The van der Waals surface area contributed by atoms with Crippen LogP contribution in [0.2, 0.25) is 0 Å². The Balaban J connectivity index is 1.61. The first-order valence-corrected chi connectivity index (χ1v) is 12.4. The predicted octanol–water partition coefficient (Wildman–Crippen LogP) is 0.856. The number of thioether (sulfide) groups is 1. The minimum atomic E-state index is -1.30. The van der Waals surface area contributed by atoms with Crippen LogP contribution in [0.25, 0.3) is 0 Å². The summed E-state index contributed by atoms with van der Waals surface area (Å²) < 4.78 is 5.90. The van der Waals surface area contributed by atoms with E-state index in [4.69, 9.17) is 4.74 Å². The van der Waals surface area contributed by atoms with Gasteiger partial charge in [0.1, 0.15) is 29.9 Å². The van der Waals surface area contributed by atoms with Crippen molar-refractivity contribution in [1.82, 2.24) is 10.6 Å². The van der Waals surface area contributed by atoms with Gasteiger partial charge in [0.25, 0.3) is 0 Å². The van der Waals surface area contributed by atoms with Crippen LogP contribution in [-0.2, 0) is 9.53 Å². The summed E-state index contributed by atoms with van der Waals surface area (Å²) in [4.78, 5) is 13.0. The Labute approximate surface area is 178 Å². The van der Waals surface area contributed by atoms with Crippen LogP contribution in [0.1, 0.15) is 52.4 Å². The fraction of sp³-hybridized carbons (Fsp3) is 0.952. The lowest BCUT2D eigenvalue weighted by molar-refractivity contribution is -0.208. The molecule has 2 heterocycles. The van der Waals surface area contributed by atoms with Crippen molar-refractivity contribution in [3.63, 3.8) is 0 Å². The van der Waals surface area contributed by atoms with Gasteiger partial charge in [0.15, 0.2) is 0 Å². The van der Waals surface area contributed by atoms with Crippen LogP contribution in [0.3, 0.4) is 0 Å². The van der Waals surface area contributed by atoms with Crippen molar-refractivity contribution in [2.24, 2.45) is 17.8 Å². The van der Waals surface area contributed by atoms with E-state index in [0.717, 1.165) is 31.7 Å². The summed E-state index contributed by atoms with van der Waals surface area (Å²) in [5, 5.41) is 37.3. The molecule has 5 N–H and O–H groups in total. The molecule has 29 heavy (non-hydrogen) atoms. The predicted molar refractivity (Wildman–Crippen MR) is 113 cm³/mol. The van der Waals surface area contributed by atoms with Gasteiger partial charge in [-0.1, -0.05) is 26.7 Å². The summed E-state index contributed by atoms with van der Waals surface area (Å²) in [5.41, 5.74) is -0.643. The minimum absolute atomic E-state index is 0.00283. The van der Waals surface area contributed by atoms with Gasteiger partial charge < -0.3 is 30.7 Å². The molecule has 8 atom stereocenters. The van der Waals surface area contributed by atoms with Crippen molar-refractivity contribution in [2.75, 3.05) is 12.8 Å². The summed E-state index contributed by atoms with van der Waals surface area (Å²) in [5.74, 6) is 1.53. The summed E-state index contributed by atoms with van der Waals surface area (Å²) >= 11 is 1.28. The number of carbonyl (C=O) groups excluding carboxylic acids is 1. The lowest BCUT2D eigenvalue weighted by Crippen LogP contribution is -2.64. The number of hydrogen-bond acceptors (Lipinski definition) is 7. The Bertz CT molecular complexity index is 545. The van der Waals surface area contributed by atoms with E-state index in [-0.39, 0.29) is 17.9 Å². The molecule has 0 spiro atoms. The van der Waals surface area contributed by atoms with Crippen molar-refractivity contribution in [3.05, 3.63) is 0 Å². The van der Waals surface area contributed by atoms with E-state index in [1.54, 1.807) is 6.26 Å². The SMILES string of the molecule is CS[C@H]1O[C@H]([C@H](NC(=O)[C@@H]2CCC(CC3CC3)CCN2)C(C)C)[C@H](O)[C@H](O)[C@H]1O. The molecule has 1 amide bonds. The van der Waals surface area contributed by atoms with Crippen molar-refractivity contribution < 1.29 is 24.9 Å². The van der Waals surface area contributed by atoms with E-state index in [1.807, 2.05) is 13.8 Å². The molecule has 0 aromatic rings. The minimum Gasteiger partial charge on any atom is -0.388 e. The van der Waals surface area contributed by atoms with Crippen molar-refractivity contribution in [3.8, 4) is 0 Å². The van der Waals surface area contributed by atoms with Crippen LogP contribution in [0.5, 0.6) is 0 Å². The van der Waals surface area contributed by atoms with E-state index < -0.39 is 35.9 Å². The second kappa shape index (κ2) is 10.3. The maximum Gasteiger partial charge on any atom is 0.237 e. The van der Waals surface area contributed by atoms with Gasteiger partial charge in [0.2, 0.25) is 5.91 Å². The molecule has 3 fully saturated rings. The Morgan fingerprint density at radius 1 is 1.07 bits per heavy atom. The van der Waals surface area contributed by atoms with Crippen LogP contribution in [-0.4, -0.2) is 76.0 Å². The van der Waals surface area contributed by atoms with Gasteiger partial charge in [0.05, 0.1) is 12.1 Å². The number of amides is 1. The van der Waals surface area contributed by atoms with Gasteiger partial charge in [0, 0.05) is 0 Å². The van der Waals surface area contributed by atoms with E-state index in [0.29, 0.717) is 5.92 Å². The Hall–Kier alpha value is -0.380. The molecule has 0 bridgehead atoms. The molecule has 3 aliphatic rings. The summed E-state index contributed by atoms with van der Waals surface area (Å²) in [6, 6.07) is -0.699. The smallest absolute Gasteiger partial charge is 0.237 e. The zero-order valence-corrected chi connectivity index (χ0v) is 18.6. The molecular formula is C21H38N2O5S. The molecule has 0 aromatic heterocycles. The Morgan fingerprint density at radius 3 is 2.34 bits per heavy atom. The normalized spacial score (nSPS) is 39.8. The van der Waals surface area contributed by atoms with Crippen molar-refractivity contribution in [1.29, 1.82) is 0 Å². The molecule has 7 nitrogen and oxygen atoms in total. The third kappa shape index (κ3) is 5.86. The van der Waals surface area contributed by atoms with Crippen LogP contribution in [0.15, 0.2) is 0 Å². The second-order valence-electron chi connectivity index (χ2n) is 9.37. The zero-order valence-electron chi connectivity index (χ0n) is 17.8. The fourth-order valence-electron chi connectivity index (χ4n) is 4.65. The zero-order chi connectivity index (χ0) is 21.1. The molecule has 168 valence electrons. The number of aliphatic hydroxyl groups is 3. The Kier molecular flexibility index (Phi) is 8.26. The van der Waals surface area contributed by atoms with Gasteiger partial charge >= 0.3 is 0 Å². The van der Waals surface area contributed by atoms with E-state index in [1.165, 1.54) is 31.0 Å². The monoisotopic (exact) mass is 430 g/mol. The van der Waals surface area contributed by atoms with Crippen LogP contribution in [0.4, 0.5) is 0 Å². The van der Waals surface area contributed by atoms with Gasteiger partial charge in [-0.2, -0.15) is 0 Å². The largest absolute Gasteiger partial charge is 0.388 e. The highest BCUT2D eigenvalue weighted by molar-refractivity contribution is 7.99. The fourth-order valence-corrected chi connectivity index (χ4v) is 5.33. The first-order valence-electron chi connectivity index (χ1n) is 11.1. The first-order chi connectivity index (χ1) is 13.8. The highest BCUT2D eigenvalue weighted by atomic mass is 32.2. The van der Waals surface area contributed by atoms with Crippen molar-refractivity contribution in [2.45, 2.75) is 94.3 Å². The third-order valence-corrected chi connectivity index (χ3v) is 7.56. The average molecular weight is 431 g/mol. The maximum absolute atomic E-state index is 13.0. The van der Waals surface area contributed by atoms with E-state index >= 15 is 0 Å². The first kappa shape index (κ1) is 23.3. The molecule has 0 aromatic carbocycles. The third-order valence-electron chi connectivity index (χ3n) is 6.71. The van der Waals surface area contributed by atoms with E-state index in [9.17, 15) is 20.1 Å². The van der Waals surface area contributed by atoms with Gasteiger partial charge in [-0.05, 0) is 56.2 Å². The number of rotatable bonds is 7. The summed E-state index contributed by atoms with van der Waals surface area (Å²) in [7, 11) is 0. The van der Waals surface area contributed by atoms with Gasteiger partial charge in [-0.3, -0.25) is 4.79 Å². The number of hydrogen-bond donors (Lipinski definition) is 5. The molecule has 1 saturated carbocycles. The lowest BCUT2D eigenvalue weighted by Gasteiger charge is -2.44. The topological polar surface area (TPSA) is 111 Å². The highest BCUT2D eigenvalue weighted by Crippen LogP contribution is 2.38. The average Bonchev–Trinajstić information content (AvgIpc) is 3.52. The molecule has 1 unspecified atom stereocenters. The molecule has 0 radical (unpaired) electrons. The summed E-state index contributed by atoms with van der Waals surface area (Å²) in [6.45, 7) is 4.77. The maximum atomic E-state index is 13.0. The van der Waals surface area contributed by atoms with E-state index in [2.05, 4.69) is 10.6 Å². The van der Waals surface area contributed by atoms with Crippen LogP contribution >= 0.6 is 11.8 Å². The van der Waals surface area contributed by atoms with Gasteiger partial charge in [-0.25, -0.2) is 0 Å². The number of nitrogens with one attached hydrogen (secondary N) is 2. The van der Waals surface area contributed by atoms with Crippen LogP contribution in [0, 0.1) is 17.8 Å². The highest BCUT2D eigenvalue weighted by Gasteiger charge is 2.47. The van der Waals surface area contributed by atoms with Crippen LogP contribution < -0.4 is 10.6 Å². The second-order valence-corrected chi connectivity index (χ2v) is 10.3. The molecule has 8 heteroatoms. The lowest BCUT2D eigenvalue weighted by atomic mass is 9.88. The standard InChI is InChI=1S/C21H38N2O5S/c1-11(2)15(19-17(25)16(24)18(26)21(28-19)29-3)23-20(27)14-7-6-13(8-9-22-14)10-12-4-5-12/h11-19,21-22,24-26H,4-10H2,1-3H3,(H,23,27)/t13?,14-,15+,16-,17+,18+,19+,21+/m0/s1. The number of aliphatic hydroxyl groups excluding tert-OH is 3. The number of ether oxygens (including phenoxy) is 1. The molecule has 2 aliphatic heterocycles. The Morgan fingerprint density at radius 2 is 1.72 bits per heavy atom. The molecule has 3 rings (SSSR count). The quantitative estimate of drug-likeness (QED) is 0.407. The summed E-state index contributed by atoms with van der Waals surface area (Å²) in [6.07, 6.45) is 4.32. The number of carbonyl (C=O) groups is 1. The molecule has 2 saturated heterocycles. The van der Waals surface area contributed by atoms with Crippen molar-refractivity contribution >= 4 is 17.7 Å². The van der Waals surface area contributed by atoms with Gasteiger partial charge in [-0.15, -0.1) is 11.8 Å². The molecular weight excluding hydrogens is 392 g/mol.